The Balaban J connectivity index is 1.74. The molecular weight excluding hydrogens is 262 g/mol. The number of rotatable bonds is 5. The number of hydrogen-bond acceptors (Lipinski definition) is 3. The number of amides is 1. The van der Waals surface area contributed by atoms with E-state index < -0.39 is 0 Å². The lowest BCUT2D eigenvalue weighted by Crippen LogP contribution is -2.58. The molecule has 2 N–H and O–H groups in total. The van der Waals surface area contributed by atoms with E-state index in [-0.39, 0.29) is 11.4 Å². The quantitative estimate of drug-likeness (QED) is 0.875. The first kappa shape index (κ1) is 16.0. The van der Waals surface area contributed by atoms with Crippen molar-refractivity contribution in [1.82, 2.24) is 10.2 Å². The van der Waals surface area contributed by atoms with Crippen molar-refractivity contribution in [2.45, 2.75) is 39.2 Å². The van der Waals surface area contributed by atoms with Crippen LogP contribution >= 0.6 is 0 Å². The van der Waals surface area contributed by atoms with E-state index in [1.165, 1.54) is 0 Å². The van der Waals surface area contributed by atoms with Gasteiger partial charge in [-0.2, -0.15) is 0 Å². The summed E-state index contributed by atoms with van der Waals surface area (Å²) in [5.41, 5.74) is 2.24. The van der Waals surface area contributed by atoms with Crippen LogP contribution < -0.4 is 10.6 Å². The maximum atomic E-state index is 12.0. The number of anilines is 1. The number of benzene rings is 1. The number of piperazine rings is 1. The topological polar surface area (TPSA) is 44.4 Å². The van der Waals surface area contributed by atoms with Crippen LogP contribution in [0, 0.1) is 6.92 Å². The molecule has 0 spiro atoms. The Labute approximate surface area is 127 Å². The maximum Gasteiger partial charge on any atom is 0.224 e. The van der Waals surface area contributed by atoms with Gasteiger partial charge in [0, 0.05) is 37.3 Å². The summed E-state index contributed by atoms with van der Waals surface area (Å²) in [7, 11) is 0. The first-order valence-corrected chi connectivity index (χ1v) is 7.80. The lowest BCUT2D eigenvalue weighted by atomic mass is 10.00. The molecule has 0 bridgehead atoms. The van der Waals surface area contributed by atoms with Crippen LogP contribution in [0.2, 0.25) is 0 Å². The fourth-order valence-corrected chi connectivity index (χ4v) is 2.81. The summed E-state index contributed by atoms with van der Waals surface area (Å²) in [6.45, 7) is 10.6. The van der Waals surface area contributed by atoms with Gasteiger partial charge in [0.1, 0.15) is 0 Å². The second-order valence-corrected chi connectivity index (χ2v) is 6.50. The van der Waals surface area contributed by atoms with Crippen LogP contribution in [0.15, 0.2) is 24.3 Å². The van der Waals surface area contributed by atoms with Crippen molar-refractivity contribution < 1.29 is 4.79 Å². The smallest absolute Gasteiger partial charge is 0.224 e. The van der Waals surface area contributed by atoms with E-state index in [0.29, 0.717) is 6.42 Å². The Hall–Kier alpha value is -1.39. The highest BCUT2D eigenvalue weighted by Gasteiger charge is 2.28. The highest BCUT2D eigenvalue weighted by atomic mass is 16.1. The summed E-state index contributed by atoms with van der Waals surface area (Å²) in [6, 6.07) is 7.93. The Morgan fingerprint density at radius 1 is 1.43 bits per heavy atom. The fourth-order valence-electron chi connectivity index (χ4n) is 2.81. The molecule has 1 aromatic carbocycles. The number of carbonyl (C=O) groups is 1. The molecule has 1 saturated heterocycles. The highest BCUT2D eigenvalue weighted by Crippen LogP contribution is 2.17. The molecule has 0 radical (unpaired) electrons. The van der Waals surface area contributed by atoms with Crippen molar-refractivity contribution >= 4 is 11.6 Å². The first-order chi connectivity index (χ1) is 9.97. The average Bonchev–Trinajstić information content (AvgIpc) is 2.40. The number of aryl methyl sites for hydroxylation is 1. The zero-order chi connectivity index (χ0) is 15.3. The first-order valence-electron chi connectivity index (χ1n) is 7.80. The fraction of sp³-hybridized carbons (Fsp3) is 0.588. The third-order valence-electron chi connectivity index (χ3n) is 4.11. The highest BCUT2D eigenvalue weighted by molar-refractivity contribution is 5.90. The Bertz CT molecular complexity index is 485. The molecule has 116 valence electrons. The second-order valence-electron chi connectivity index (χ2n) is 6.50. The van der Waals surface area contributed by atoms with E-state index in [2.05, 4.69) is 29.4 Å². The molecule has 1 heterocycles. The van der Waals surface area contributed by atoms with Gasteiger partial charge in [-0.1, -0.05) is 12.1 Å². The molecule has 21 heavy (non-hydrogen) atoms. The summed E-state index contributed by atoms with van der Waals surface area (Å²) in [5, 5.41) is 6.39. The third-order valence-corrected chi connectivity index (χ3v) is 4.11. The molecule has 0 saturated carbocycles. The SMILES string of the molecule is Cc1cccc(NC(=O)CCCN2CCNCC2(C)C)c1. The zero-order valence-corrected chi connectivity index (χ0v) is 13.4. The van der Waals surface area contributed by atoms with Crippen molar-refractivity contribution in [2.24, 2.45) is 0 Å². The molecule has 0 aliphatic carbocycles. The Kier molecular flexibility index (Phi) is 5.37. The van der Waals surface area contributed by atoms with Gasteiger partial charge in [-0.25, -0.2) is 0 Å². The van der Waals surface area contributed by atoms with Gasteiger partial charge >= 0.3 is 0 Å². The number of carbonyl (C=O) groups excluding carboxylic acids is 1. The largest absolute Gasteiger partial charge is 0.326 e. The summed E-state index contributed by atoms with van der Waals surface area (Å²) >= 11 is 0. The van der Waals surface area contributed by atoms with Gasteiger partial charge in [0.25, 0.3) is 0 Å². The van der Waals surface area contributed by atoms with Crippen LogP contribution in [-0.4, -0.2) is 42.5 Å². The molecule has 1 aromatic rings. The van der Waals surface area contributed by atoms with E-state index in [1.54, 1.807) is 0 Å². The Morgan fingerprint density at radius 2 is 2.24 bits per heavy atom. The number of nitrogens with zero attached hydrogens (tertiary/aromatic N) is 1. The molecule has 1 aliphatic rings. The van der Waals surface area contributed by atoms with Gasteiger partial charge in [0.15, 0.2) is 0 Å². The Morgan fingerprint density at radius 3 is 2.95 bits per heavy atom. The number of nitrogens with one attached hydrogen (secondary N) is 2. The summed E-state index contributed by atoms with van der Waals surface area (Å²) in [4.78, 5) is 14.5. The van der Waals surface area contributed by atoms with Crippen LogP contribution in [-0.2, 0) is 4.79 Å². The number of hydrogen-bond donors (Lipinski definition) is 2. The molecular formula is C17H27N3O. The van der Waals surface area contributed by atoms with E-state index in [0.717, 1.165) is 43.9 Å². The maximum absolute atomic E-state index is 12.0. The lowest BCUT2D eigenvalue weighted by Gasteiger charge is -2.42. The van der Waals surface area contributed by atoms with E-state index in [9.17, 15) is 4.79 Å². The van der Waals surface area contributed by atoms with Gasteiger partial charge < -0.3 is 10.6 Å². The van der Waals surface area contributed by atoms with Gasteiger partial charge in [-0.15, -0.1) is 0 Å². The van der Waals surface area contributed by atoms with Gasteiger partial charge in [-0.3, -0.25) is 9.69 Å². The van der Waals surface area contributed by atoms with E-state index in [4.69, 9.17) is 0 Å². The molecule has 0 atom stereocenters. The molecule has 1 amide bonds. The van der Waals surface area contributed by atoms with Crippen LogP contribution in [0.1, 0.15) is 32.3 Å². The molecule has 2 rings (SSSR count). The second kappa shape index (κ2) is 7.05. The monoisotopic (exact) mass is 289 g/mol. The molecule has 1 fully saturated rings. The normalized spacial score (nSPS) is 18.4. The predicted molar refractivity (Wildman–Crippen MR) is 87.6 cm³/mol. The van der Waals surface area contributed by atoms with Crippen LogP contribution in [0.5, 0.6) is 0 Å². The van der Waals surface area contributed by atoms with Crippen molar-refractivity contribution in [3.05, 3.63) is 29.8 Å². The predicted octanol–water partition coefficient (Wildman–Crippen LogP) is 2.40. The molecule has 4 nitrogen and oxygen atoms in total. The minimum atomic E-state index is 0.105. The summed E-state index contributed by atoms with van der Waals surface area (Å²) in [5.74, 6) is 0.105. The third kappa shape index (κ3) is 4.83. The van der Waals surface area contributed by atoms with Crippen LogP contribution in [0.4, 0.5) is 5.69 Å². The minimum Gasteiger partial charge on any atom is -0.326 e. The molecule has 0 aromatic heterocycles. The summed E-state index contributed by atoms with van der Waals surface area (Å²) in [6.07, 6.45) is 1.48. The van der Waals surface area contributed by atoms with Gasteiger partial charge in [0.2, 0.25) is 5.91 Å². The zero-order valence-electron chi connectivity index (χ0n) is 13.4. The van der Waals surface area contributed by atoms with Gasteiger partial charge in [-0.05, 0) is 51.4 Å². The van der Waals surface area contributed by atoms with Crippen molar-refractivity contribution in [3.63, 3.8) is 0 Å². The standard InChI is InChI=1S/C17H27N3O/c1-14-6-4-7-15(12-14)19-16(21)8-5-10-20-11-9-18-13-17(20,2)3/h4,6-7,12,18H,5,8-11,13H2,1-3H3,(H,19,21). The van der Waals surface area contributed by atoms with Crippen molar-refractivity contribution in [1.29, 1.82) is 0 Å². The minimum absolute atomic E-state index is 0.105. The average molecular weight is 289 g/mol. The molecule has 4 heteroatoms. The summed E-state index contributed by atoms with van der Waals surface area (Å²) < 4.78 is 0. The van der Waals surface area contributed by atoms with Crippen molar-refractivity contribution in [3.8, 4) is 0 Å². The molecule has 1 aliphatic heterocycles. The van der Waals surface area contributed by atoms with Gasteiger partial charge in [0.05, 0.1) is 0 Å². The lowest BCUT2D eigenvalue weighted by molar-refractivity contribution is -0.116. The van der Waals surface area contributed by atoms with E-state index >= 15 is 0 Å². The van der Waals surface area contributed by atoms with Crippen LogP contribution in [0.3, 0.4) is 0 Å². The molecule has 0 unspecified atom stereocenters. The van der Waals surface area contributed by atoms with Crippen LogP contribution in [0.25, 0.3) is 0 Å². The van der Waals surface area contributed by atoms with E-state index in [1.807, 2.05) is 31.2 Å². The van der Waals surface area contributed by atoms with Crippen molar-refractivity contribution in [2.75, 3.05) is 31.5 Å².